The monoisotopic (exact) mass is 277 g/mol. The minimum atomic E-state index is -0.311. The van der Waals surface area contributed by atoms with Crippen LogP contribution in [0, 0.1) is 23.0 Å². The normalized spacial score (nSPS) is 16.1. The van der Waals surface area contributed by atoms with Gasteiger partial charge in [0.25, 0.3) is 5.69 Å². The molecule has 0 amide bonds. The van der Waals surface area contributed by atoms with Gasteiger partial charge in [0.1, 0.15) is 0 Å². The van der Waals surface area contributed by atoms with Gasteiger partial charge in [-0.15, -0.1) is 0 Å². The summed E-state index contributed by atoms with van der Waals surface area (Å²) in [6.45, 7) is 8.04. The van der Waals surface area contributed by atoms with Crippen LogP contribution in [-0.4, -0.2) is 31.1 Å². The van der Waals surface area contributed by atoms with Gasteiger partial charge in [-0.1, -0.05) is 0 Å². The highest BCUT2D eigenvalue weighted by Crippen LogP contribution is 2.25. The number of rotatable bonds is 5. The average Bonchev–Trinajstić information content (AvgIpc) is 2.45. The summed E-state index contributed by atoms with van der Waals surface area (Å²) in [6.07, 6.45) is 2.37. The predicted molar refractivity (Wildman–Crippen MR) is 81.3 cm³/mol. The highest BCUT2D eigenvalue weighted by molar-refractivity contribution is 5.55. The van der Waals surface area contributed by atoms with Crippen LogP contribution in [0.2, 0.25) is 0 Å². The molecule has 1 N–H and O–H groups in total. The Bertz CT molecular complexity index is 470. The molecular weight excluding hydrogens is 254 g/mol. The number of nitrogens with zero attached hydrogens (tertiary/aromatic N) is 2. The van der Waals surface area contributed by atoms with Crippen LogP contribution in [0.4, 0.5) is 11.4 Å². The molecule has 0 aromatic heterocycles. The number of nitrogens with one attached hydrogen (secondary N) is 1. The van der Waals surface area contributed by atoms with E-state index in [2.05, 4.69) is 17.1 Å². The second-order valence-electron chi connectivity index (χ2n) is 5.52. The third-order valence-electron chi connectivity index (χ3n) is 3.94. The van der Waals surface area contributed by atoms with Crippen LogP contribution in [-0.2, 0) is 0 Å². The SMILES string of the molecule is CCN(CC1CCNCC1)c1cc(C)cc([N+](=O)[O-])c1. The fourth-order valence-corrected chi connectivity index (χ4v) is 2.82. The molecule has 0 aliphatic carbocycles. The van der Waals surface area contributed by atoms with Gasteiger partial charge in [-0.05, 0) is 57.3 Å². The second kappa shape index (κ2) is 6.70. The Hall–Kier alpha value is -1.62. The first kappa shape index (κ1) is 14.8. The molecule has 110 valence electrons. The van der Waals surface area contributed by atoms with Gasteiger partial charge in [-0.2, -0.15) is 0 Å². The first-order valence-corrected chi connectivity index (χ1v) is 7.32. The number of anilines is 1. The van der Waals surface area contributed by atoms with Crippen molar-refractivity contribution in [2.45, 2.75) is 26.7 Å². The lowest BCUT2D eigenvalue weighted by Gasteiger charge is -2.31. The molecule has 0 radical (unpaired) electrons. The molecule has 0 spiro atoms. The third-order valence-corrected chi connectivity index (χ3v) is 3.94. The lowest BCUT2D eigenvalue weighted by atomic mass is 9.97. The van der Waals surface area contributed by atoms with Crippen LogP contribution in [0.15, 0.2) is 18.2 Å². The highest BCUT2D eigenvalue weighted by Gasteiger charge is 2.18. The van der Waals surface area contributed by atoms with Crippen molar-refractivity contribution in [1.82, 2.24) is 5.32 Å². The van der Waals surface area contributed by atoms with Gasteiger partial charge in [-0.25, -0.2) is 0 Å². The Labute approximate surface area is 120 Å². The lowest BCUT2D eigenvalue weighted by Crippen LogP contribution is -2.36. The summed E-state index contributed by atoms with van der Waals surface area (Å²) in [5.74, 6) is 0.677. The Morgan fingerprint density at radius 3 is 2.65 bits per heavy atom. The van der Waals surface area contributed by atoms with Gasteiger partial charge in [0.2, 0.25) is 0 Å². The number of aryl methyl sites for hydroxylation is 1. The van der Waals surface area contributed by atoms with Crippen LogP contribution in [0.3, 0.4) is 0 Å². The van der Waals surface area contributed by atoms with E-state index in [0.29, 0.717) is 5.92 Å². The Kier molecular flexibility index (Phi) is 4.95. The molecule has 1 aliphatic heterocycles. The summed E-state index contributed by atoms with van der Waals surface area (Å²) >= 11 is 0. The zero-order valence-corrected chi connectivity index (χ0v) is 12.3. The maximum Gasteiger partial charge on any atom is 0.271 e. The number of hydrogen-bond donors (Lipinski definition) is 1. The minimum absolute atomic E-state index is 0.184. The molecule has 1 fully saturated rings. The molecular formula is C15H23N3O2. The summed E-state index contributed by atoms with van der Waals surface area (Å²) in [5.41, 5.74) is 2.10. The quantitative estimate of drug-likeness (QED) is 0.664. The maximum absolute atomic E-state index is 11.0. The van der Waals surface area contributed by atoms with Crippen molar-refractivity contribution in [1.29, 1.82) is 0 Å². The highest BCUT2D eigenvalue weighted by atomic mass is 16.6. The second-order valence-corrected chi connectivity index (χ2v) is 5.52. The van der Waals surface area contributed by atoms with E-state index in [9.17, 15) is 10.1 Å². The van der Waals surface area contributed by atoms with Gasteiger partial charge < -0.3 is 10.2 Å². The predicted octanol–water partition coefficient (Wildman–Crippen LogP) is 2.73. The van der Waals surface area contributed by atoms with Gasteiger partial charge in [0, 0.05) is 30.9 Å². The summed E-state index contributed by atoms with van der Waals surface area (Å²) in [4.78, 5) is 12.9. The van der Waals surface area contributed by atoms with Gasteiger partial charge in [-0.3, -0.25) is 10.1 Å². The number of piperidine rings is 1. The van der Waals surface area contributed by atoms with Gasteiger partial charge in [0.15, 0.2) is 0 Å². The summed E-state index contributed by atoms with van der Waals surface area (Å²) in [7, 11) is 0. The number of hydrogen-bond acceptors (Lipinski definition) is 4. The molecule has 1 aliphatic rings. The fourth-order valence-electron chi connectivity index (χ4n) is 2.82. The van der Waals surface area contributed by atoms with Crippen LogP contribution < -0.4 is 10.2 Å². The molecule has 0 saturated carbocycles. The van der Waals surface area contributed by atoms with Crippen molar-refractivity contribution in [3.63, 3.8) is 0 Å². The van der Waals surface area contributed by atoms with Crippen molar-refractivity contribution in [3.05, 3.63) is 33.9 Å². The van der Waals surface area contributed by atoms with E-state index in [-0.39, 0.29) is 10.6 Å². The van der Waals surface area contributed by atoms with E-state index in [4.69, 9.17) is 0 Å². The van der Waals surface area contributed by atoms with Crippen molar-refractivity contribution >= 4 is 11.4 Å². The van der Waals surface area contributed by atoms with Gasteiger partial charge >= 0.3 is 0 Å². The number of non-ortho nitro benzene ring substituents is 1. The van der Waals surface area contributed by atoms with Crippen molar-refractivity contribution in [3.8, 4) is 0 Å². The topological polar surface area (TPSA) is 58.4 Å². The third kappa shape index (κ3) is 3.70. The molecule has 0 atom stereocenters. The van der Waals surface area contributed by atoms with Crippen molar-refractivity contribution in [2.75, 3.05) is 31.1 Å². The summed E-state index contributed by atoms with van der Waals surface area (Å²) in [5, 5.41) is 14.4. The van der Waals surface area contributed by atoms with E-state index in [1.165, 1.54) is 12.8 Å². The molecule has 1 saturated heterocycles. The van der Waals surface area contributed by atoms with Crippen LogP contribution in [0.25, 0.3) is 0 Å². The molecule has 5 heteroatoms. The molecule has 1 heterocycles. The fraction of sp³-hybridized carbons (Fsp3) is 0.600. The van der Waals surface area contributed by atoms with E-state index in [0.717, 1.165) is 37.4 Å². The lowest BCUT2D eigenvalue weighted by molar-refractivity contribution is -0.384. The molecule has 20 heavy (non-hydrogen) atoms. The molecule has 0 bridgehead atoms. The summed E-state index contributed by atoms with van der Waals surface area (Å²) < 4.78 is 0. The van der Waals surface area contributed by atoms with Gasteiger partial charge in [0.05, 0.1) is 4.92 Å². The van der Waals surface area contributed by atoms with Crippen molar-refractivity contribution in [2.24, 2.45) is 5.92 Å². The molecule has 0 unspecified atom stereocenters. The average molecular weight is 277 g/mol. The molecule has 1 aromatic carbocycles. The van der Waals surface area contributed by atoms with E-state index < -0.39 is 0 Å². The molecule has 1 aromatic rings. The zero-order chi connectivity index (χ0) is 14.5. The first-order valence-electron chi connectivity index (χ1n) is 7.32. The van der Waals surface area contributed by atoms with Crippen LogP contribution >= 0.6 is 0 Å². The standard InChI is InChI=1S/C15H23N3O2/c1-3-17(11-13-4-6-16-7-5-13)14-8-12(2)9-15(10-14)18(19)20/h8-10,13,16H,3-7,11H2,1-2H3. The van der Waals surface area contributed by atoms with Crippen molar-refractivity contribution < 1.29 is 4.92 Å². The smallest absolute Gasteiger partial charge is 0.271 e. The van der Waals surface area contributed by atoms with E-state index in [1.807, 2.05) is 13.0 Å². The summed E-state index contributed by atoms with van der Waals surface area (Å²) in [6, 6.07) is 5.36. The molecule has 5 nitrogen and oxygen atoms in total. The van der Waals surface area contributed by atoms with E-state index >= 15 is 0 Å². The Balaban J connectivity index is 2.15. The number of benzene rings is 1. The minimum Gasteiger partial charge on any atom is -0.371 e. The largest absolute Gasteiger partial charge is 0.371 e. The van der Waals surface area contributed by atoms with Crippen LogP contribution in [0.1, 0.15) is 25.3 Å². The first-order chi connectivity index (χ1) is 9.60. The van der Waals surface area contributed by atoms with E-state index in [1.54, 1.807) is 12.1 Å². The molecule has 2 rings (SSSR count). The Morgan fingerprint density at radius 1 is 1.35 bits per heavy atom. The van der Waals surface area contributed by atoms with Crippen LogP contribution in [0.5, 0.6) is 0 Å². The number of nitro groups is 1. The zero-order valence-electron chi connectivity index (χ0n) is 12.3. The maximum atomic E-state index is 11.0. The Morgan fingerprint density at radius 2 is 2.05 bits per heavy atom. The number of nitro benzene ring substituents is 1.